The van der Waals surface area contributed by atoms with E-state index >= 15 is 0 Å². The SMILES string of the molecule is CC(CNS(=O)(=O)c1cc(Cl)ccc1N)CN1CCCC1. The number of benzene rings is 1. The number of nitrogens with zero attached hydrogens (tertiary/aromatic N) is 1. The third kappa shape index (κ3) is 4.57. The van der Waals surface area contributed by atoms with Crippen LogP contribution < -0.4 is 10.5 Å². The second-order valence-corrected chi connectivity index (χ2v) is 7.82. The van der Waals surface area contributed by atoms with Crippen molar-refractivity contribution in [2.24, 2.45) is 5.92 Å². The Balaban J connectivity index is 1.95. The molecule has 1 aromatic rings. The average Bonchev–Trinajstić information content (AvgIpc) is 2.92. The van der Waals surface area contributed by atoms with Crippen molar-refractivity contribution in [3.8, 4) is 0 Å². The predicted molar refractivity (Wildman–Crippen MR) is 85.9 cm³/mol. The van der Waals surface area contributed by atoms with E-state index in [1.165, 1.54) is 25.0 Å². The van der Waals surface area contributed by atoms with Gasteiger partial charge in [-0.15, -0.1) is 0 Å². The van der Waals surface area contributed by atoms with Crippen LogP contribution in [0.1, 0.15) is 19.8 Å². The van der Waals surface area contributed by atoms with Crippen molar-refractivity contribution < 1.29 is 8.42 Å². The Morgan fingerprint density at radius 3 is 2.71 bits per heavy atom. The molecule has 5 nitrogen and oxygen atoms in total. The maximum atomic E-state index is 12.3. The van der Waals surface area contributed by atoms with Crippen molar-refractivity contribution in [3.05, 3.63) is 23.2 Å². The van der Waals surface area contributed by atoms with Crippen LogP contribution in [0.2, 0.25) is 5.02 Å². The second-order valence-electron chi connectivity index (χ2n) is 5.65. The maximum absolute atomic E-state index is 12.3. The summed E-state index contributed by atoms with van der Waals surface area (Å²) in [4.78, 5) is 2.41. The van der Waals surface area contributed by atoms with Crippen LogP contribution in [0.3, 0.4) is 0 Å². The van der Waals surface area contributed by atoms with Gasteiger partial charge in [-0.2, -0.15) is 0 Å². The molecule has 1 aliphatic heterocycles. The van der Waals surface area contributed by atoms with Gasteiger partial charge in [0.2, 0.25) is 10.0 Å². The summed E-state index contributed by atoms with van der Waals surface area (Å²) in [6, 6.07) is 4.46. The van der Waals surface area contributed by atoms with Gasteiger partial charge in [-0.25, -0.2) is 13.1 Å². The molecule has 1 aliphatic rings. The quantitative estimate of drug-likeness (QED) is 0.781. The average molecular weight is 332 g/mol. The minimum Gasteiger partial charge on any atom is -0.398 e. The summed E-state index contributed by atoms with van der Waals surface area (Å²) < 4.78 is 27.2. The van der Waals surface area contributed by atoms with Crippen LogP contribution in [0.25, 0.3) is 0 Å². The number of sulfonamides is 1. The molecule has 1 aromatic carbocycles. The van der Waals surface area contributed by atoms with Gasteiger partial charge in [-0.3, -0.25) is 0 Å². The number of anilines is 1. The molecule has 0 radical (unpaired) electrons. The molecule has 0 aromatic heterocycles. The lowest BCUT2D eigenvalue weighted by Crippen LogP contribution is -2.34. The molecule has 118 valence electrons. The van der Waals surface area contributed by atoms with Gasteiger partial charge in [0.1, 0.15) is 4.90 Å². The molecule has 0 bridgehead atoms. The molecule has 21 heavy (non-hydrogen) atoms. The van der Waals surface area contributed by atoms with Crippen molar-refractivity contribution >= 4 is 27.3 Å². The van der Waals surface area contributed by atoms with Gasteiger partial charge < -0.3 is 10.6 Å². The molecule has 1 heterocycles. The zero-order valence-electron chi connectivity index (χ0n) is 12.2. The van der Waals surface area contributed by atoms with Crippen molar-refractivity contribution in [1.82, 2.24) is 9.62 Å². The molecule has 0 amide bonds. The fourth-order valence-corrected chi connectivity index (χ4v) is 4.10. The van der Waals surface area contributed by atoms with Gasteiger partial charge >= 0.3 is 0 Å². The first-order chi connectivity index (χ1) is 9.88. The van der Waals surface area contributed by atoms with Crippen LogP contribution in [-0.2, 0) is 10.0 Å². The Kier molecular flexibility index (Phi) is 5.48. The number of rotatable bonds is 6. The molecule has 1 unspecified atom stereocenters. The van der Waals surface area contributed by atoms with E-state index in [1.807, 2.05) is 6.92 Å². The number of halogens is 1. The Bertz CT molecular complexity index is 586. The summed E-state index contributed by atoms with van der Waals surface area (Å²) in [5.74, 6) is 0.248. The topological polar surface area (TPSA) is 75.4 Å². The lowest BCUT2D eigenvalue weighted by Gasteiger charge is -2.20. The summed E-state index contributed by atoms with van der Waals surface area (Å²) in [5, 5.41) is 0.356. The zero-order valence-corrected chi connectivity index (χ0v) is 13.8. The van der Waals surface area contributed by atoms with Crippen molar-refractivity contribution in [1.29, 1.82) is 0 Å². The van der Waals surface area contributed by atoms with Gasteiger partial charge in [0.05, 0.1) is 5.69 Å². The number of hydrogen-bond acceptors (Lipinski definition) is 4. The summed E-state index contributed by atoms with van der Waals surface area (Å²) in [7, 11) is -3.62. The summed E-state index contributed by atoms with van der Waals surface area (Å²) >= 11 is 5.84. The summed E-state index contributed by atoms with van der Waals surface area (Å²) in [6.45, 7) is 5.57. The molecule has 1 fully saturated rings. The minimum atomic E-state index is -3.62. The van der Waals surface area contributed by atoms with E-state index in [1.54, 1.807) is 6.07 Å². The van der Waals surface area contributed by atoms with Gasteiger partial charge in [-0.1, -0.05) is 18.5 Å². The van der Waals surface area contributed by atoms with Crippen molar-refractivity contribution in [2.45, 2.75) is 24.7 Å². The van der Waals surface area contributed by atoms with Gasteiger partial charge in [0, 0.05) is 18.1 Å². The first kappa shape index (κ1) is 16.5. The minimum absolute atomic E-state index is 0.0448. The highest BCUT2D eigenvalue weighted by atomic mass is 35.5. The number of nitrogens with one attached hydrogen (secondary N) is 1. The lowest BCUT2D eigenvalue weighted by atomic mass is 10.2. The van der Waals surface area contributed by atoms with Crippen molar-refractivity contribution in [3.63, 3.8) is 0 Å². The zero-order chi connectivity index (χ0) is 15.5. The highest BCUT2D eigenvalue weighted by Gasteiger charge is 2.20. The summed E-state index contributed by atoms with van der Waals surface area (Å²) in [5.41, 5.74) is 5.94. The van der Waals surface area contributed by atoms with Crippen molar-refractivity contribution in [2.75, 3.05) is 31.9 Å². The highest BCUT2D eigenvalue weighted by Crippen LogP contribution is 2.22. The Morgan fingerprint density at radius 2 is 2.05 bits per heavy atom. The van der Waals surface area contributed by atoms with E-state index in [2.05, 4.69) is 9.62 Å². The molecule has 2 rings (SSSR count). The first-order valence-corrected chi connectivity index (χ1v) is 9.01. The van der Waals surface area contributed by atoms with Gasteiger partial charge in [-0.05, 0) is 50.0 Å². The Hall–Kier alpha value is -0.820. The molecular weight excluding hydrogens is 310 g/mol. The van der Waals surface area contributed by atoms with Crippen LogP contribution in [-0.4, -0.2) is 39.5 Å². The highest BCUT2D eigenvalue weighted by molar-refractivity contribution is 7.89. The molecule has 3 N–H and O–H groups in total. The maximum Gasteiger partial charge on any atom is 0.242 e. The Morgan fingerprint density at radius 1 is 1.38 bits per heavy atom. The Labute approximate surface area is 131 Å². The van der Waals surface area contributed by atoms with Gasteiger partial charge in [0.25, 0.3) is 0 Å². The normalized spacial score (nSPS) is 18.0. The third-order valence-electron chi connectivity index (χ3n) is 3.66. The van der Waals surface area contributed by atoms with E-state index in [0.717, 1.165) is 19.6 Å². The fraction of sp³-hybridized carbons (Fsp3) is 0.571. The molecule has 0 aliphatic carbocycles. The van der Waals surface area contributed by atoms with Crippen LogP contribution in [0, 0.1) is 5.92 Å². The number of likely N-dealkylation sites (tertiary alicyclic amines) is 1. The largest absolute Gasteiger partial charge is 0.398 e. The van der Waals surface area contributed by atoms with E-state index in [4.69, 9.17) is 17.3 Å². The van der Waals surface area contributed by atoms with E-state index < -0.39 is 10.0 Å². The lowest BCUT2D eigenvalue weighted by molar-refractivity contribution is 0.288. The second kappa shape index (κ2) is 6.96. The molecule has 1 saturated heterocycles. The van der Waals surface area contributed by atoms with E-state index in [-0.39, 0.29) is 16.5 Å². The molecule has 0 saturated carbocycles. The molecule has 7 heteroatoms. The van der Waals surface area contributed by atoms with E-state index in [0.29, 0.717) is 11.6 Å². The first-order valence-electron chi connectivity index (χ1n) is 7.15. The third-order valence-corrected chi connectivity index (χ3v) is 5.37. The fourth-order valence-electron chi connectivity index (χ4n) is 2.54. The number of nitrogens with two attached hydrogens (primary N) is 1. The smallest absolute Gasteiger partial charge is 0.242 e. The van der Waals surface area contributed by atoms with Gasteiger partial charge in [0.15, 0.2) is 0 Å². The van der Waals surface area contributed by atoms with E-state index in [9.17, 15) is 8.42 Å². The standard InChI is InChI=1S/C14H22ClN3O2S/c1-11(10-18-6-2-3-7-18)9-17-21(19,20)14-8-12(15)4-5-13(14)16/h4-5,8,11,17H,2-3,6-7,9-10,16H2,1H3. The number of hydrogen-bond donors (Lipinski definition) is 2. The number of nitrogen functional groups attached to an aromatic ring is 1. The monoisotopic (exact) mass is 331 g/mol. The van der Waals surface area contributed by atoms with Crippen LogP contribution >= 0.6 is 11.6 Å². The van der Waals surface area contributed by atoms with Crippen LogP contribution in [0.5, 0.6) is 0 Å². The molecule has 1 atom stereocenters. The van der Waals surface area contributed by atoms with Crippen LogP contribution in [0.4, 0.5) is 5.69 Å². The summed E-state index contributed by atoms with van der Waals surface area (Å²) in [6.07, 6.45) is 2.47. The molecular formula is C14H22ClN3O2S. The van der Waals surface area contributed by atoms with Crippen LogP contribution in [0.15, 0.2) is 23.1 Å². The predicted octanol–water partition coefficient (Wildman–Crippen LogP) is 1.93. The molecule has 0 spiro atoms.